The molecule has 3 fully saturated rings. The number of nitrogens with one attached hydrogen (secondary N) is 1. The summed E-state index contributed by atoms with van der Waals surface area (Å²) in [7, 11) is -4.49. The molecule has 46 heavy (non-hydrogen) atoms. The van der Waals surface area contributed by atoms with Gasteiger partial charge in [-0.1, -0.05) is 23.2 Å². The fourth-order valence-electron chi connectivity index (χ4n) is 5.52. The zero-order valence-electron chi connectivity index (χ0n) is 23.4. The predicted octanol–water partition coefficient (Wildman–Crippen LogP) is 3.32. The molecule has 12 nitrogen and oxygen atoms in total. The topological polar surface area (TPSA) is 170 Å². The number of rotatable bonds is 8. The Morgan fingerprint density at radius 2 is 1.87 bits per heavy atom. The van der Waals surface area contributed by atoms with Gasteiger partial charge in [0.2, 0.25) is 11.8 Å². The molecule has 246 valence electrons. The second-order valence-corrected chi connectivity index (χ2v) is 14.3. The summed E-state index contributed by atoms with van der Waals surface area (Å²) in [5, 5.41) is 19.4. The third-order valence-electron chi connectivity index (χ3n) is 8.07. The molecule has 5 rings (SSSR count). The summed E-state index contributed by atoms with van der Waals surface area (Å²) in [6, 6.07) is 4.11. The highest BCUT2D eigenvalue weighted by Crippen LogP contribution is 2.42. The van der Waals surface area contributed by atoms with Crippen LogP contribution in [-0.4, -0.2) is 95.5 Å². The number of hydrogen-bond acceptors (Lipinski definition) is 8. The van der Waals surface area contributed by atoms with E-state index in [-0.39, 0.29) is 10.8 Å². The Hall–Kier alpha value is -3.88. The van der Waals surface area contributed by atoms with Gasteiger partial charge in [-0.05, 0) is 37.5 Å². The van der Waals surface area contributed by atoms with Gasteiger partial charge >= 0.3 is 12.3 Å². The van der Waals surface area contributed by atoms with Crippen LogP contribution in [0.4, 0.5) is 22.4 Å². The van der Waals surface area contributed by atoms with E-state index >= 15 is 4.39 Å². The van der Waals surface area contributed by atoms with Gasteiger partial charge in [-0.3, -0.25) is 14.6 Å². The van der Waals surface area contributed by atoms with Crippen molar-refractivity contribution in [1.82, 2.24) is 20.1 Å². The van der Waals surface area contributed by atoms with E-state index in [9.17, 15) is 46.3 Å². The van der Waals surface area contributed by atoms with Crippen LogP contribution in [0.2, 0.25) is 10.0 Å². The lowest BCUT2D eigenvalue weighted by molar-refractivity contribution is -0.153. The molecule has 1 aromatic carbocycles. The van der Waals surface area contributed by atoms with Crippen molar-refractivity contribution in [2.75, 3.05) is 26.2 Å². The first-order chi connectivity index (χ1) is 21.4. The molecule has 0 bridgehead atoms. The van der Waals surface area contributed by atoms with Crippen LogP contribution in [0.15, 0.2) is 35.4 Å². The lowest BCUT2D eigenvalue weighted by Crippen LogP contribution is -2.69. The average molecular weight is 708 g/mol. The van der Waals surface area contributed by atoms with Crippen LogP contribution < -0.4 is 10.1 Å². The molecule has 3 amide bonds. The SMILES string of the molecule is N#CC1(NC(=O)[C@@H]2C[C@@H](S(=O)(=O)c3ccc(OCC(F)(F)F)cc3Cl)CN2C(=O)C2(c3ncc(Cl)cc3F)CN(C(=O)O)C2)CC1. The molecule has 0 spiro atoms. The molecule has 0 radical (unpaired) electrons. The van der Waals surface area contributed by atoms with Crippen LogP contribution in [0.3, 0.4) is 0 Å². The van der Waals surface area contributed by atoms with Gasteiger partial charge in [-0.25, -0.2) is 17.6 Å². The maximum Gasteiger partial charge on any atom is 0.422 e. The van der Waals surface area contributed by atoms with E-state index in [0.29, 0.717) is 12.8 Å². The number of hydrogen-bond donors (Lipinski definition) is 2. The number of amides is 3. The molecule has 2 N–H and O–H groups in total. The van der Waals surface area contributed by atoms with E-state index in [1.54, 1.807) is 0 Å². The Balaban J connectivity index is 1.50. The van der Waals surface area contributed by atoms with Crippen molar-refractivity contribution in [3.8, 4) is 11.8 Å². The van der Waals surface area contributed by atoms with Crippen molar-refractivity contribution in [3.05, 3.63) is 52.0 Å². The number of aromatic nitrogens is 1. The lowest BCUT2D eigenvalue weighted by Gasteiger charge is -2.48. The third kappa shape index (κ3) is 6.25. The molecule has 0 unspecified atom stereocenters. The summed E-state index contributed by atoms with van der Waals surface area (Å²) in [4.78, 5) is 44.6. The number of benzene rings is 1. The Morgan fingerprint density at radius 3 is 2.41 bits per heavy atom. The molecule has 2 atom stereocenters. The normalized spacial score (nSPS) is 21.6. The summed E-state index contributed by atoms with van der Waals surface area (Å²) in [6.07, 6.45) is -4.91. The number of sulfone groups is 1. The van der Waals surface area contributed by atoms with Crippen LogP contribution in [0.25, 0.3) is 0 Å². The highest BCUT2D eigenvalue weighted by atomic mass is 35.5. The Bertz CT molecular complexity index is 1760. The van der Waals surface area contributed by atoms with Crippen LogP contribution in [-0.2, 0) is 24.8 Å². The molecule has 1 aromatic heterocycles. The number of ether oxygens (including phenoxy) is 1. The van der Waals surface area contributed by atoms with Crippen LogP contribution in [0.1, 0.15) is 25.0 Å². The van der Waals surface area contributed by atoms with E-state index in [0.717, 1.165) is 40.3 Å². The van der Waals surface area contributed by atoms with E-state index < -0.39 is 110 Å². The Labute approximate surface area is 268 Å². The van der Waals surface area contributed by atoms with Crippen molar-refractivity contribution >= 4 is 50.9 Å². The highest BCUT2D eigenvalue weighted by molar-refractivity contribution is 7.92. The summed E-state index contributed by atoms with van der Waals surface area (Å²) in [6.45, 7) is -3.42. The maximum atomic E-state index is 15.2. The summed E-state index contributed by atoms with van der Waals surface area (Å²) < 4.78 is 85.1. The molecule has 1 aliphatic carbocycles. The number of halogens is 6. The van der Waals surface area contributed by atoms with Gasteiger partial charge in [-0.2, -0.15) is 18.4 Å². The van der Waals surface area contributed by atoms with E-state index in [1.807, 2.05) is 6.07 Å². The van der Waals surface area contributed by atoms with Gasteiger partial charge in [0.25, 0.3) is 0 Å². The third-order valence-corrected chi connectivity index (χ3v) is 10.9. The molecular formula is C27H23Cl2F4N5O7S. The number of pyridine rings is 1. The number of nitrogens with zero attached hydrogens (tertiary/aromatic N) is 4. The van der Waals surface area contributed by atoms with Crippen molar-refractivity contribution in [3.63, 3.8) is 0 Å². The van der Waals surface area contributed by atoms with E-state index in [1.165, 1.54) is 0 Å². The largest absolute Gasteiger partial charge is 0.484 e. The minimum atomic E-state index is -4.67. The molecule has 3 heterocycles. The first-order valence-electron chi connectivity index (χ1n) is 13.5. The number of alkyl halides is 3. The van der Waals surface area contributed by atoms with Crippen molar-refractivity contribution in [1.29, 1.82) is 5.26 Å². The second kappa shape index (κ2) is 11.7. The van der Waals surface area contributed by atoms with Crippen LogP contribution in [0, 0.1) is 17.1 Å². The van der Waals surface area contributed by atoms with Crippen molar-refractivity contribution < 1.29 is 50.2 Å². The molecule has 2 aromatic rings. The number of nitriles is 1. The molecule has 1 saturated carbocycles. The molecular weight excluding hydrogens is 685 g/mol. The highest BCUT2D eigenvalue weighted by Gasteiger charge is 2.60. The van der Waals surface area contributed by atoms with Crippen molar-refractivity contribution in [2.24, 2.45) is 0 Å². The predicted molar refractivity (Wildman–Crippen MR) is 150 cm³/mol. The molecule has 2 saturated heterocycles. The lowest BCUT2D eigenvalue weighted by atomic mass is 9.74. The van der Waals surface area contributed by atoms with Gasteiger partial charge in [0.15, 0.2) is 16.4 Å². The minimum absolute atomic E-state index is 0.110. The first-order valence-corrected chi connectivity index (χ1v) is 15.8. The zero-order valence-corrected chi connectivity index (χ0v) is 25.7. The van der Waals surface area contributed by atoms with Gasteiger partial charge in [0, 0.05) is 31.9 Å². The fourth-order valence-corrected chi connectivity index (χ4v) is 7.90. The Kier molecular flexibility index (Phi) is 8.54. The smallest absolute Gasteiger partial charge is 0.422 e. The minimum Gasteiger partial charge on any atom is -0.484 e. The monoisotopic (exact) mass is 707 g/mol. The van der Waals surface area contributed by atoms with Crippen LogP contribution in [0.5, 0.6) is 5.75 Å². The number of carboxylic acid groups (broad SMARTS) is 1. The van der Waals surface area contributed by atoms with E-state index in [4.69, 9.17) is 23.2 Å². The van der Waals surface area contributed by atoms with Gasteiger partial charge < -0.3 is 25.0 Å². The molecule has 3 aliphatic rings. The number of carbonyl (C=O) groups is 3. The van der Waals surface area contributed by atoms with Crippen molar-refractivity contribution in [2.45, 2.75) is 52.6 Å². The first kappa shape index (κ1) is 33.5. The standard InChI is InChI=1S/C27H23Cl2F4N5O7S/c28-14-5-18(30)21(35-8-14)26(11-37(12-26)24(41)42)23(40)38-9-16(7-19(38)22(39)36-25(10-34)3-4-25)46(43,44)20-2-1-15(6-17(20)29)45-13-27(31,32)33/h1-2,5-6,8,16,19H,3-4,7,9,11-13H2,(H,36,39)(H,41,42)/t16-,19+/m1/s1. The quantitative estimate of drug-likeness (QED) is 0.391. The summed E-state index contributed by atoms with van der Waals surface area (Å²) in [5.41, 5.74) is -3.62. The molecule has 2 aliphatic heterocycles. The summed E-state index contributed by atoms with van der Waals surface area (Å²) in [5.74, 6) is -3.24. The number of carbonyl (C=O) groups excluding carboxylic acids is 2. The van der Waals surface area contributed by atoms with Gasteiger partial charge in [0.1, 0.15) is 28.6 Å². The number of likely N-dealkylation sites (tertiary alicyclic amines) is 2. The molecule has 19 heteroatoms. The second-order valence-electron chi connectivity index (χ2n) is 11.3. The zero-order chi connectivity index (χ0) is 33.8. The van der Waals surface area contributed by atoms with Gasteiger partial charge in [0.05, 0.1) is 32.0 Å². The Morgan fingerprint density at radius 1 is 1.20 bits per heavy atom. The fraction of sp³-hybridized carbons (Fsp3) is 0.444. The summed E-state index contributed by atoms with van der Waals surface area (Å²) >= 11 is 12.0. The van der Waals surface area contributed by atoms with Gasteiger partial charge in [-0.15, -0.1) is 0 Å². The maximum absolute atomic E-state index is 15.2. The average Bonchev–Trinajstić information content (AvgIpc) is 3.56. The van der Waals surface area contributed by atoms with E-state index in [2.05, 4.69) is 15.0 Å². The van der Waals surface area contributed by atoms with Crippen LogP contribution >= 0.6 is 23.2 Å².